The average Bonchev–Trinajstić information content (AvgIpc) is 2.48. The number of hydrogen-bond acceptors (Lipinski definition) is 3. The fourth-order valence-corrected chi connectivity index (χ4v) is 3.80. The third-order valence-corrected chi connectivity index (χ3v) is 5.40. The molecular weight excluding hydrogens is 260 g/mol. The Morgan fingerprint density at radius 1 is 1.24 bits per heavy atom. The van der Waals surface area contributed by atoms with Gasteiger partial charge in [0.15, 0.2) is 0 Å². The second-order valence-corrected chi connectivity index (χ2v) is 6.89. The highest BCUT2D eigenvalue weighted by atomic mass is 16.3. The summed E-state index contributed by atoms with van der Waals surface area (Å²) in [6.07, 6.45) is 6.14. The summed E-state index contributed by atoms with van der Waals surface area (Å²) in [5.74, 6) is 1.19. The van der Waals surface area contributed by atoms with Crippen molar-refractivity contribution in [2.24, 2.45) is 5.92 Å². The van der Waals surface area contributed by atoms with E-state index in [4.69, 9.17) is 0 Å². The van der Waals surface area contributed by atoms with Gasteiger partial charge in [0.1, 0.15) is 5.75 Å². The van der Waals surface area contributed by atoms with E-state index >= 15 is 0 Å². The molecule has 21 heavy (non-hydrogen) atoms. The average molecular weight is 290 g/mol. The molecule has 0 bridgehead atoms. The quantitative estimate of drug-likeness (QED) is 0.875. The van der Waals surface area contributed by atoms with Gasteiger partial charge in [-0.25, -0.2) is 0 Å². The molecule has 0 radical (unpaired) electrons. The standard InChI is InChI=1S/C18H30N2O/c1-14-9-11-18(12-10-14,20(3)4)17(19-2)13-15-5-7-16(21)8-6-15/h5-8,14,17,19,21H,9-13H2,1-4H3. The van der Waals surface area contributed by atoms with E-state index in [0.29, 0.717) is 11.8 Å². The van der Waals surface area contributed by atoms with E-state index < -0.39 is 0 Å². The lowest BCUT2D eigenvalue weighted by atomic mass is 9.70. The normalized spacial score (nSPS) is 27.8. The van der Waals surface area contributed by atoms with Crippen molar-refractivity contribution in [3.05, 3.63) is 29.8 Å². The monoisotopic (exact) mass is 290 g/mol. The number of likely N-dealkylation sites (N-methyl/N-ethyl adjacent to an activating group) is 2. The molecule has 1 unspecified atom stereocenters. The Bertz CT molecular complexity index is 433. The minimum absolute atomic E-state index is 0.235. The third-order valence-electron chi connectivity index (χ3n) is 5.40. The molecule has 118 valence electrons. The number of nitrogens with one attached hydrogen (secondary N) is 1. The molecule has 0 saturated heterocycles. The highest BCUT2D eigenvalue weighted by molar-refractivity contribution is 5.27. The van der Waals surface area contributed by atoms with Crippen LogP contribution in [0.4, 0.5) is 0 Å². The molecule has 2 rings (SSSR count). The summed E-state index contributed by atoms with van der Waals surface area (Å²) in [5, 5.41) is 13.0. The molecule has 2 N–H and O–H groups in total. The molecule has 0 heterocycles. The van der Waals surface area contributed by atoms with Gasteiger partial charge in [0.05, 0.1) is 0 Å². The SMILES string of the molecule is CNC(Cc1ccc(O)cc1)C1(N(C)C)CCC(C)CC1. The van der Waals surface area contributed by atoms with Crippen molar-refractivity contribution >= 4 is 0 Å². The lowest BCUT2D eigenvalue weighted by molar-refractivity contribution is 0.0461. The van der Waals surface area contributed by atoms with Crippen LogP contribution >= 0.6 is 0 Å². The second kappa shape index (κ2) is 6.80. The van der Waals surface area contributed by atoms with Crippen LogP contribution in [0.15, 0.2) is 24.3 Å². The highest BCUT2D eigenvalue weighted by Crippen LogP contribution is 2.38. The van der Waals surface area contributed by atoms with Crippen LogP contribution in [0.5, 0.6) is 5.75 Å². The van der Waals surface area contributed by atoms with Gasteiger partial charge in [-0.3, -0.25) is 0 Å². The van der Waals surface area contributed by atoms with E-state index in [-0.39, 0.29) is 5.54 Å². The molecule has 1 atom stereocenters. The molecule has 1 aromatic carbocycles. The number of aromatic hydroxyl groups is 1. The molecule has 0 aliphatic heterocycles. The summed E-state index contributed by atoms with van der Waals surface area (Å²) in [7, 11) is 6.52. The Morgan fingerprint density at radius 3 is 2.29 bits per heavy atom. The van der Waals surface area contributed by atoms with E-state index in [9.17, 15) is 5.11 Å². The van der Waals surface area contributed by atoms with Crippen molar-refractivity contribution in [1.82, 2.24) is 10.2 Å². The summed E-state index contributed by atoms with van der Waals surface area (Å²) in [5.41, 5.74) is 1.52. The highest BCUT2D eigenvalue weighted by Gasteiger charge is 2.42. The summed E-state index contributed by atoms with van der Waals surface area (Å²) in [4.78, 5) is 2.43. The molecule has 1 saturated carbocycles. The Morgan fingerprint density at radius 2 is 1.81 bits per heavy atom. The fraction of sp³-hybridized carbons (Fsp3) is 0.667. The number of phenols is 1. The lowest BCUT2D eigenvalue weighted by Gasteiger charge is -2.50. The van der Waals surface area contributed by atoms with Gasteiger partial charge in [0, 0.05) is 11.6 Å². The summed E-state index contributed by atoms with van der Waals surface area (Å²) >= 11 is 0. The zero-order chi connectivity index (χ0) is 15.5. The molecule has 3 heteroatoms. The first-order valence-corrected chi connectivity index (χ1v) is 8.10. The van der Waals surface area contributed by atoms with Gasteiger partial charge in [0.2, 0.25) is 0 Å². The number of benzene rings is 1. The van der Waals surface area contributed by atoms with Crippen molar-refractivity contribution in [2.45, 2.75) is 50.6 Å². The maximum Gasteiger partial charge on any atom is 0.115 e. The lowest BCUT2D eigenvalue weighted by Crippen LogP contribution is -2.60. The van der Waals surface area contributed by atoms with Gasteiger partial charge in [-0.2, -0.15) is 0 Å². The van der Waals surface area contributed by atoms with Crippen LogP contribution in [0.1, 0.15) is 38.2 Å². The molecule has 1 fully saturated rings. The number of nitrogens with zero attached hydrogens (tertiary/aromatic N) is 1. The summed E-state index contributed by atoms with van der Waals surface area (Å²) < 4.78 is 0. The van der Waals surface area contributed by atoms with E-state index in [2.05, 4.69) is 38.3 Å². The van der Waals surface area contributed by atoms with E-state index in [1.807, 2.05) is 12.1 Å². The molecule has 0 amide bonds. The molecular formula is C18H30N2O. The van der Waals surface area contributed by atoms with Crippen LogP contribution in [0.25, 0.3) is 0 Å². The van der Waals surface area contributed by atoms with Gasteiger partial charge in [-0.15, -0.1) is 0 Å². The van der Waals surface area contributed by atoms with Crippen molar-refractivity contribution < 1.29 is 5.11 Å². The topological polar surface area (TPSA) is 35.5 Å². The van der Waals surface area contributed by atoms with Crippen molar-refractivity contribution in [2.75, 3.05) is 21.1 Å². The Kier molecular flexibility index (Phi) is 5.28. The maximum absolute atomic E-state index is 9.44. The van der Waals surface area contributed by atoms with Crippen LogP contribution in [0.2, 0.25) is 0 Å². The van der Waals surface area contributed by atoms with E-state index in [1.165, 1.54) is 31.2 Å². The van der Waals surface area contributed by atoms with E-state index in [1.54, 1.807) is 12.1 Å². The minimum Gasteiger partial charge on any atom is -0.508 e. The predicted octanol–water partition coefficient (Wildman–Crippen LogP) is 3.03. The van der Waals surface area contributed by atoms with Crippen molar-refractivity contribution in [1.29, 1.82) is 0 Å². The first kappa shape index (κ1) is 16.3. The third kappa shape index (κ3) is 3.58. The van der Waals surface area contributed by atoms with Crippen molar-refractivity contribution in [3.63, 3.8) is 0 Å². The number of rotatable bonds is 5. The van der Waals surface area contributed by atoms with Crippen molar-refractivity contribution in [3.8, 4) is 5.75 Å². The van der Waals surface area contributed by atoms with Crippen LogP contribution in [-0.4, -0.2) is 42.7 Å². The maximum atomic E-state index is 9.44. The smallest absolute Gasteiger partial charge is 0.115 e. The van der Waals surface area contributed by atoms with Gasteiger partial charge in [0.25, 0.3) is 0 Å². The Hall–Kier alpha value is -1.06. The van der Waals surface area contributed by atoms with Gasteiger partial charge in [-0.1, -0.05) is 19.1 Å². The molecule has 3 nitrogen and oxygen atoms in total. The first-order chi connectivity index (χ1) is 9.98. The zero-order valence-corrected chi connectivity index (χ0v) is 13.9. The molecule has 0 aromatic heterocycles. The predicted molar refractivity (Wildman–Crippen MR) is 88.7 cm³/mol. The van der Waals surface area contributed by atoms with Gasteiger partial charge in [-0.05, 0) is 76.9 Å². The van der Waals surface area contributed by atoms with Crippen LogP contribution in [0, 0.1) is 5.92 Å². The van der Waals surface area contributed by atoms with Crippen LogP contribution in [-0.2, 0) is 6.42 Å². The van der Waals surface area contributed by atoms with Gasteiger partial charge < -0.3 is 15.3 Å². The first-order valence-electron chi connectivity index (χ1n) is 8.10. The fourth-order valence-electron chi connectivity index (χ4n) is 3.80. The van der Waals surface area contributed by atoms with Crippen LogP contribution < -0.4 is 5.32 Å². The summed E-state index contributed by atoms with van der Waals surface area (Å²) in [6, 6.07) is 8.08. The van der Waals surface area contributed by atoms with Gasteiger partial charge >= 0.3 is 0 Å². The van der Waals surface area contributed by atoms with E-state index in [0.717, 1.165) is 12.3 Å². The molecule has 1 aromatic rings. The molecule has 1 aliphatic rings. The Labute approximate surface area is 129 Å². The number of hydrogen-bond donors (Lipinski definition) is 2. The minimum atomic E-state index is 0.235. The largest absolute Gasteiger partial charge is 0.508 e. The number of phenolic OH excluding ortho intramolecular Hbond substituents is 1. The van der Waals surface area contributed by atoms with Crippen LogP contribution in [0.3, 0.4) is 0 Å². The second-order valence-electron chi connectivity index (χ2n) is 6.89. The zero-order valence-electron chi connectivity index (χ0n) is 13.9. The Balaban J connectivity index is 2.18. The summed E-state index contributed by atoms with van der Waals surface area (Å²) in [6.45, 7) is 2.37. The molecule has 1 aliphatic carbocycles. The molecule has 0 spiro atoms.